The van der Waals surface area contributed by atoms with Gasteiger partial charge in [-0.2, -0.15) is 0 Å². The van der Waals surface area contributed by atoms with Gasteiger partial charge in [0.25, 0.3) is 0 Å². The maximum Gasteiger partial charge on any atom is 0.219 e. The van der Waals surface area contributed by atoms with Gasteiger partial charge >= 0.3 is 0 Å². The van der Waals surface area contributed by atoms with Crippen LogP contribution in [0.3, 0.4) is 0 Å². The predicted octanol–water partition coefficient (Wildman–Crippen LogP) is 1.26. The van der Waals surface area contributed by atoms with Gasteiger partial charge in [0.15, 0.2) is 0 Å². The molecule has 1 amide bonds. The van der Waals surface area contributed by atoms with Crippen molar-refractivity contribution in [3.8, 4) is 0 Å². The minimum absolute atomic E-state index is 0.0957. The number of hydrogen-bond acceptors (Lipinski definition) is 3. The van der Waals surface area contributed by atoms with Crippen molar-refractivity contribution in [3.63, 3.8) is 0 Å². The van der Waals surface area contributed by atoms with Crippen LogP contribution in [-0.4, -0.2) is 24.5 Å². The lowest BCUT2D eigenvalue weighted by atomic mass is 10.1. The Kier molecular flexibility index (Phi) is 5.50. The Morgan fingerprint density at radius 1 is 1.44 bits per heavy atom. The van der Waals surface area contributed by atoms with E-state index in [-0.39, 0.29) is 5.91 Å². The molecular formula is C12H19N3O. The highest BCUT2D eigenvalue weighted by Gasteiger charge is 2.03. The number of nitrogens with zero attached hydrogens (tertiary/aromatic N) is 1. The molecule has 0 fully saturated rings. The second-order valence-electron chi connectivity index (χ2n) is 3.73. The molecule has 0 spiro atoms. The summed E-state index contributed by atoms with van der Waals surface area (Å²) in [5.74, 6) is 0.0957. The van der Waals surface area contributed by atoms with Crippen LogP contribution in [0.25, 0.3) is 0 Å². The minimum atomic E-state index is 0.0957. The summed E-state index contributed by atoms with van der Waals surface area (Å²) < 4.78 is 0. The van der Waals surface area contributed by atoms with E-state index in [1.54, 1.807) is 19.4 Å². The van der Waals surface area contributed by atoms with E-state index in [4.69, 9.17) is 0 Å². The fourth-order valence-electron chi connectivity index (χ4n) is 1.46. The first kappa shape index (κ1) is 12.6. The van der Waals surface area contributed by atoms with E-state index in [2.05, 4.69) is 22.5 Å². The highest BCUT2D eigenvalue weighted by Crippen LogP contribution is 2.09. The number of rotatable bonds is 6. The highest BCUT2D eigenvalue weighted by molar-refractivity contribution is 5.75. The minimum Gasteiger partial charge on any atom is -0.359 e. The van der Waals surface area contributed by atoms with E-state index in [0.717, 1.165) is 13.0 Å². The molecule has 16 heavy (non-hydrogen) atoms. The molecule has 0 aliphatic rings. The largest absolute Gasteiger partial charge is 0.359 e. The second-order valence-corrected chi connectivity index (χ2v) is 3.73. The van der Waals surface area contributed by atoms with Crippen LogP contribution < -0.4 is 10.6 Å². The molecule has 0 saturated carbocycles. The molecule has 0 aliphatic carbocycles. The summed E-state index contributed by atoms with van der Waals surface area (Å²) in [6, 6.07) is 4.29. The maximum atomic E-state index is 11.0. The van der Waals surface area contributed by atoms with Gasteiger partial charge in [-0.1, -0.05) is 0 Å². The van der Waals surface area contributed by atoms with Crippen LogP contribution in [0.15, 0.2) is 24.5 Å². The Bertz CT molecular complexity index is 313. The number of aromatic nitrogens is 1. The molecule has 88 valence electrons. The summed E-state index contributed by atoms with van der Waals surface area (Å²) in [5.41, 5.74) is 1.22. The molecule has 0 aromatic carbocycles. The number of carbonyl (C=O) groups is 1. The zero-order valence-corrected chi connectivity index (χ0v) is 9.86. The van der Waals surface area contributed by atoms with E-state index in [1.165, 1.54) is 5.56 Å². The first-order valence-corrected chi connectivity index (χ1v) is 5.58. The van der Waals surface area contributed by atoms with Crippen molar-refractivity contribution in [2.45, 2.75) is 25.8 Å². The Hall–Kier alpha value is -1.42. The van der Waals surface area contributed by atoms with E-state index in [0.29, 0.717) is 12.5 Å². The van der Waals surface area contributed by atoms with Crippen molar-refractivity contribution in [1.82, 2.24) is 15.6 Å². The summed E-state index contributed by atoms with van der Waals surface area (Å²) in [6.45, 7) is 2.95. The number of amides is 1. The van der Waals surface area contributed by atoms with E-state index in [1.807, 2.05) is 12.1 Å². The molecule has 1 aromatic rings. The lowest BCUT2D eigenvalue weighted by molar-refractivity contribution is -0.120. The van der Waals surface area contributed by atoms with Crippen molar-refractivity contribution in [1.29, 1.82) is 0 Å². The zero-order chi connectivity index (χ0) is 11.8. The summed E-state index contributed by atoms with van der Waals surface area (Å²) in [5, 5.41) is 5.98. The molecule has 1 atom stereocenters. The van der Waals surface area contributed by atoms with Gasteiger partial charge in [-0.15, -0.1) is 0 Å². The Balaban J connectivity index is 2.21. The average Bonchev–Trinajstić information content (AvgIpc) is 2.35. The Morgan fingerprint density at radius 3 is 2.75 bits per heavy atom. The van der Waals surface area contributed by atoms with Gasteiger partial charge < -0.3 is 10.6 Å². The standard InChI is InChI=1S/C12H19N3O/c1-10(11-5-8-14-9-6-11)15-7-3-4-12(16)13-2/h5-6,8-10,15H,3-4,7H2,1-2H3,(H,13,16). The molecule has 0 radical (unpaired) electrons. The van der Waals surface area contributed by atoms with Crippen molar-refractivity contribution < 1.29 is 4.79 Å². The second kappa shape index (κ2) is 6.95. The van der Waals surface area contributed by atoms with Crippen LogP contribution in [0.4, 0.5) is 0 Å². The Labute approximate surface area is 96.5 Å². The third kappa shape index (κ3) is 4.40. The summed E-state index contributed by atoms with van der Waals surface area (Å²) in [7, 11) is 1.66. The maximum absolute atomic E-state index is 11.0. The third-order valence-electron chi connectivity index (χ3n) is 2.52. The normalized spacial score (nSPS) is 12.1. The van der Waals surface area contributed by atoms with Gasteiger partial charge in [-0.25, -0.2) is 0 Å². The topological polar surface area (TPSA) is 54.0 Å². The van der Waals surface area contributed by atoms with Gasteiger partial charge in [-0.05, 0) is 37.6 Å². The van der Waals surface area contributed by atoms with Crippen LogP contribution in [0.1, 0.15) is 31.4 Å². The molecular weight excluding hydrogens is 202 g/mol. The average molecular weight is 221 g/mol. The molecule has 0 bridgehead atoms. The molecule has 1 heterocycles. The first-order chi connectivity index (χ1) is 7.74. The lowest BCUT2D eigenvalue weighted by Crippen LogP contribution is -2.23. The van der Waals surface area contributed by atoms with Crippen molar-refractivity contribution in [3.05, 3.63) is 30.1 Å². The number of carbonyl (C=O) groups excluding carboxylic acids is 1. The van der Waals surface area contributed by atoms with Crippen LogP contribution in [0.2, 0.25) is 0 Å². The summed E-state index contributed by atoms with van der Waals surface area (Å²) >= 11 is 0. The highest BCUT2D eigenvalue weighted by atomic mass is 16.1. The monoisotopic (exact) mass is 221 g/mol. The lowest BCUT2D eigenvalue weighted by Gasteiger charge is -2.13. The van der Waals surface area contributed by atoms with Crippen LogP contribution in [0, 0.1) is 0 Å². The van der Waals surface area contributed by atoms with Gasteiger partial charge in [0.1, 0.15) is 0 Å². The van der Waals surface area contributed by atoms with Crippen molar-refractivity contribution in [2.24, 2.45) is 0 Å². The van der Waals surface area contributed by atoms with Crippen LogP contribution in [0.5, 0.6) is 0 Å². The quantitative estimate of drug-likeness (QED) is 0.711. The summed E-state index contributed by atoms with van der Waals surface area (Å²) in [6.07, 6.45) is 5.01. The summed E-state index contributed by atoms with van der Waals surface area (Å²) in [4.78, 5) is 15.0. The molecule has 4 nitrogen and oxygen atoms in total. The van der Waals surface area contributed by atoms with E-state index in [9.17, 15) is 4.79 Å². The molecule has 0 aliphatic heterocycles. The molecule has 1 unspecified atom stereocenters. The first-order valence-electron chi connectivity index (χ1n) is 5.58. The van der Waals surface area contributed by atoms with E-state index < -0.39 is 0 Å². The Morgan fingerprint density at radius 2 is 2.12 bits per heavy atom. The van der Waals surface area contributed by atoms with Gasteiger partial charge in [0.2, 0.25) is 5.91 Å². The zero-order valence-electron chi connectivity index (χ0n) is 9.86. The fraction of sp³-hybridized carbons (Fsp3) is 0.500. The molecule has 0 saturated heterocycles. The van der Waals surface area contributed by atoms with Crippen LogP contribution in [-0.2, 0) is 4.79 Å². The van der Waals surface area contributed by atoms with Gasteiger partial charge in [0, 0.05) is 31.9 Å². The predicted molar refractivity (Wildman–Crippen MR) is 64.0 cm³/mol. The number of hydrogen-bond donors (Lipinski definition) is 2. The molecule has 1 rings (SSSR count). The van der Waals surface area contributed by atoms with Crippen molar-refractivity contribution in [2.75, 3.05) is 13.6 Å². The smallest absolute Gasteiger partial charge is 0.219 e. The molecule has 2 N–H and O–H groups in total. The number of nitrogens with one attached hydrogen (secondary N) is 2. The number of pyridine rings is 1. The van der Waals surface area contributed by atoms with E-state index >= 15 is 0 Å². The fourth-order valence-corrected chi connectivity index (χ4v) is 1.46. The van der Waals surface area contributed by atoms with Gasteiger partial charge in [-0.3, -0.25) is 9.78 Å². The van der Waals surface area contributed by atoms with Crippen molar-refractivity contribution >= 4 is 5.91 Å². The third-order valence-corrected chi connectivity index (χ3v) is 2.52. The SMILES string of the molecule is CNC(=O)CCCNC(C)c1ccncc1. The molecule has 1 aromatic heterocycles. The molecule has 4 heteroatoms. The van der Waals surface area contributed by atoms with Gasteiger partial charge in [0.05, 0.1) is 0 Å². The van der Waals surface area contributed by atoms with Crippen LogP contribution >= 0.6 is 0 Å².